The van der Waals surface area contributed by atoms with Gasteiger partial charge in [0.25, 0.3) is 5.89 Å². The Bertz CT molecular complexity index is 1160. The number of ether oxygens (including phenoxy) is 1. The molecule has 0 radical (unpaired) electrons. The monoisotopic (exact) mass is 440 g/mol. The fraction of sp³-hybridized carbons (Fsp3) is 0.227. The molecule has 0 spiro atoms. The SMILES string of the molecule is CCN1C(=S)NC(c2ccc(OC)c(O)c2)C(c2nc(-c3ccc(F)cc3)no2)=C1C. The molecule has 0 fully saturated rings. The molecule has 3 aromatic rings. The van der Waals surface area contributed by atoms with Crippen molar-refractivity contribution in [3.05, 3.63) is 65.4 Å². The second-order valence-electron chi connectivity index (χ2n) is 6.99. The van der Waals surface area contributed by atoms with Gasteiger partial charge in [-0.3, -0.25) is 0 Å². The van der Waals surface area contributed by atoms with Gasteiger partial charge in [-0.2, -0.15) is 4.98 Å². The number of halogens is 1. The fourth-order valence-corrected chi connectivity index (χ4v) is 4.01. The van der Waals surface area contributed by atoms with Gasteiger partial charge >= 0.3 is 0 Å². The van der Waals surface area contributed by atoms with E-state index in [9.17, 15) is 9.50 Å². The topological polar surface area (TPSA) is 83.7 Å². The Kier molecular flexibility index (Phi) is 5.60. The quantitative estimate of drug-likeness (QED) is 0.569. The van der Waals surface area contributed by atoms with Gasteiger partial charge in [0.2, 0.25) is 5.82 Å². The molecule has 0 amide bonds. The van der Waals surface area contributed by atoms with Crippen LogP contribution in [0.1, 0.15) is 31.3 Å². The van der Waals surface area contributed by atoms with Gasteiger partial charge in [-0.1, -0.05) is 11.2 Å². The van der Waals surface area contributed by atoms with Gasteiger partial charge in [-0.15, -0.1) is 0 Å². The summed E-state index contributed by atoms with van der Waals surface area (Å²) < 4.78 is 24.0. The lowest BCUT2D eigenvalue weighted by Crippen LogP contribution is -2.45. The smallest absolute Gasteiger partial charge is 0.258 e. The molecule has 0 saturated heterocycles. The molecule has 9 heteroatoms. The number of hydrogen-bond donors (Lipinski definition) is 2. The Labute approximate surface area is 184 Å². The molecule has 0 saturated carbocycles. The zero-order valence-corrected chi connectivity index (χ0v) is 18.0. The van der Waals surface area contributed by atoms with Crippen LogP contribution in [0.2, 0.25) is 0 Å². The first-order valence-corrected chi connectivity index (χ1v) is 10.1. The number of benzene rings is 2. The van der Waals surface area contributed by atoms with Crippen LogP contribution in [0.25, 0.3) is 17.0 Å². The van der Waals surface area contributed by atoms with Crippen LogP contribution in [0.5, 0.6) is 11.5 Å². The molecule has 1 aliphatic heterocycles. The predicted octanol–water partition coefficient (Wildman–Crippen LogP) is 4.27. The molecule has 7 nitrogen and oxygen atoms in total. The maximum Gasteiger partial charge on any atom is 0.258 e. The summed E-state index contributed by atoms with van der Waals surface area (Å²) in [6.45, 7) is 4.58. The number of phenolic OH excluding ortho intramolecular Hbond substituents is 1. The zero-order valence-electron chi connectivity index (χ0n) is 17.2. The Morgan fingerprint density at radius 1 is 1.26 bits per heavy atom. The molecule has 1 aliphatic rings. The van der Waals surface area contributed by atoms with Crippen molar-refractivity contribution in [3.63, 3.8) is 0 Å². The van der Waals surface area contributed by atoms with Crippen molar-refractivity contribution in [2.75, 3.05) is 13.7 Å². The zero-order chi connectivity index (χ0) is 22.1. The standard InChI is InChI=1S/C22H21FN4O3S/c1-4-27-12(2)18(21-25-20(26-30-21)13-5-8-15(23)9-6-13)19(24-22(27)31)14-7-10-17(29-3)16(28)11-14/h5-11,19,28H,4H2,1-3H3,(H,24,31). The van der Waals surface area contributed by atoms with Crippen molar-refractivity contribution in [2.24, 2.45) is 0 Å². The van der Waals surface area contributed by atoms with E-state index in [4.69, 9.17) is 21.5 Å². The van der Waals surface area contributed by atoms with Gasteiger partial charge in [0.05, 0.1) is 18.7 Å². The number of rotatable bonds is 5. The first kappa shape index (κ1) is 20.8. The molecule has 0 aliphatic carbocycles. The van der Waals surface area contributed by atoms with Crippen LogP contribution in [-0.4, -0.2) is 38.9 Å². The first-order valence-electron chi connectivity index (χ1n) is 9.68. The lowest BCUT2D eigenvalue weighted by atomic mass is 9.94. The summed E-state index contributed by atoms with van der Waals surface area (Å²) in [5, 5.41) is 18.2. The highest BCUT2D eigenvalue weighted by Gasteiger charge is 2.33. The molecular formula is C22H21FN4O3S. The highest BCUT2D eigenvalue weighted by Crippen LogP contribution is 2.39. The molecule has 1 unspecified atom stereocenters. The summed E-state index contributed by atoms with van der Waals surface area (Å²) in [5.74, 6) is 0.707. The number of aromatic nitrogens is 2. The Hall–Kier alpha value is -3.46. The summed E-state index contributed by atoms with van der Waals surface area (Å²) in [5.41, 5.74) is 2.99. The molecule has 31 heavy (non-hydrogen) atoms. The van der Waals surface area contributed by atoms with Crippen molar-refractivity contribution < 1.29 is 18.8 Å². The van der Waals surface area contributed by atoms with Crippen molar-refractivity contribution in [1.29, 1.82) is 0 Å². The summed E-state index contributed by atoms with van der Waals surface area (Å²) >= 11 is 5.55. The number of methoxy groups -OCH3 is 1. The van der Waals surface area contributed by atoms with E-state index in [0.717, 1.165) is 16.8 Å². The number of nitrogens with zero attached hydrogens (tertiary/aromatic N) is 3. The number of allylic oxidation sites excluding steroid dienone is 1. The predicted molar refractivity (Wildman–Crippen MR) is 118 cm³/mol. The molecule has 1 atom stereocenters. The van der Waals surface area contributed by atoms with Crippen LogP contribution in [0, 0.1) is 5.82 Å². The second-order valence-corrected chi connectivity index (χ2v) is 7.37. The fourth-order valence-electron chi connectivity index (χ4n) is 3.62. The van der Waals surface area contributed by atoms with E-state index in [-0.39, 0.29) is 11.6 Å². The number of aromatic hydroxyl groups is 1. The van der Waals surface area contributed by atoms with Gasteiger partial charge in [-0.25, -0.2) is 4.39 Å². The summed E-state index contributed by atoms with van der Waals surface area (Å²) in [6.07, 6.45) is 0. The van der Waals surface area contributed by atoms with Crippen LogP contribution < -0.4 is 10.1 Å². The van der Waals surface area contributed by atoms with Gasteiger partial charge < -0.3 is 24.6 Å². The van der Waals surface area contributed by atoms with Gasteiger partial charge in [0, 0.05) is 17.8 Å². The van der Waals surface area contributed by atoms with Crippen LogP contribution in [0.3, 0.4) is 0 Å². The number of thiocarbonyl (C=S) groups is 1. The molecule has 160 valence electrons. The van der Waals surface area contributed by atoms with Gasteiger partial charge in [0.1, 0.15) is 5.82 Å². The van der Waals surface area contributed by atoms with E-state index in [0.29, 0.717) is 34.7 Å². The maximum atomic E-state index is 13.3. The molecule has 2 aromatic carbocycles. The second kappa shape index (κ2) is 8.35. The van der Waals surface area contributed by atoms with Crippen molar-refractivity contribution in [3.8, 4) is 22.9 Å². The van der Waals surface area contributed by atoms with E-state index >= 15 is 0 Å². The summed E-state index contributed by atoms with van der Waals surface area (Å²) in [7, 11) is 1.49. The van der Waals surface area contributed by atoms with E-state index in [1.807, 2.05) is 24.8 Å². The summed E-state index contributed by atoms with van der Waals surface area (Å²) in [4.78, 5) is 6.49. The van der Waals surface area contributed by atoms with Gasteiger partial charge in [0.15, 0.2) is 16.6 Å². The van der Waals surface area contributed by atoms with Crippen molar-refractivity contribution in [1.82, 2.24) is 20.4 Å². The van der Waals surface area contributed by atoms with E-state index in [1.54, 1.807) is 24.3 Å². The molecule has 4 rings (SSSR count). The van der Waals surface area contributed by atoms with Crippen LogP contribution in [0.15, 0.2) is 52.7 Å². The van der Waals surface area contributed by atoms with Crippen LogP contribution in [0.4, 0.5) is 4.39 Å². The number of phenols is 1. The Morgan fingerprint density at radius 3 is 2.65 bits per heavy atom. The lowest BCUT2D eigenvalue weighted by molar-refractivity contribution is 0.372. The third kappa shape index (κ3) is 3.84. The maximum absolute atomic E-state index is 13.3. The third-order valence-corrected chi connectivity index (χ3v) is 5.55. The lowest BCUT2D eigenvalue weighted by Gasteiger charge is -2.36. The summed E-state index contributed by atoms with van der Waals surface area (Å²) in [6, 6.07) is 10.6. The minimum Gasteiger partial charge on any atom is -0.504 e. The number of hydrogen-bond acceptors (Lipinski definition) is 6. The minimum absolute atomic E-state index is 0.0140. The van der Waals surface area contributed by atoms with E-state index in [1.165, 1.54) is 19.2 Å². The first-order chi connectivity index (χ1) is 14.9. The van der Waals surface area contributed by atoms with Crippen molar-refractivity contribution in [2.45, 2.75) is 19.9 Å². The van der Waals surface area contributed by atoms with Crippen LogP contribution >= 0.6 is 12.2 Å². The third-order valence-electron chi connectivity index (χ3n) is 5.21. The van der Waals surface area contributed by atoms with E-state index in [2.05, 4.69) is 15.5 Å². The van der Waals surface area contributed by atoms with Crippen molar-refractivity contribution >= 4 is 22.9 Å². The molecule has 2 N–H and O–H groups in total. The normalized spacial score (nSPS) is 16.5. The molecular weight excluding hydrogens is 419 g/mol. The molecule has 1 aromatic heterocycles. The minimum atomic E-state index is -0.423. The molecule has 2 heterocycles. The highest BCUT2D eigenvalue weighted by molar-refractivity contribution is 7.80. The Balaban J connectivity index is 1.81. The van der Waals surface area contributed by atoms with Crippen LogP contribution in [-0.2, 0) is 0 Å². The Morgan fingerprint density at radius 2 is 2.00 bits per heavy atom. The highest BCUT2D eigenvalue weighted by atomic mass is 32.1. The molecule has 0 bridgehead atoms. The van der Waals surface area contributed by atoms with E-state index < -0.39 is 6.04 Å². The average molecular weight is 441 g/mol. The largest absolute Gasteiger partial charge is 0.504 e. The average Bonchev–Trinajstić information content (AvgIpc) is 3.23. The number of nitrogens with one attached hydrogen (secondary N) is 1. The van der Waals surface area contributed by atoms with Gasteiger partial charge in [-0.05, 0) is 68.0 Å².